The highest BCUT2D eigenvalue weighted by Gasteiger charge is 2.21. The first-order valence-corrected chi connectivity index (χ1v) is 14.4. The molecule has 38 heavy (non-hydrogen) atoms. The predicted molar refractivity (Wildman–Crippen MR) is 145 cm³/mol. The molecule has 1 aliphatic heterocycles. The number of carbonyl (C=O) groups is 2. The second-order valence-electron chi connectivity index (χ2n) is 7.78. The van der Waals surface area contributed by atoms with Gasteiger partial charge in [-0.15, -0.1) is 0 Å². The summed E-state index contributed by atoms with van der Waals surface area (Å²) in [5.41, 5.74) is 1.35. The van der Waals surface area contributed by atoms with Crippen LogP contribution >= 0.6 is 23.2 Å². The summed E-state index contributed by atoms with van der Waals surface area (Å²) in [4.78, 5) is 24.7. The van der Waals surface area contributed by atoms with Gasteiger partial charge >= 0.3 is 6.03 Å². The Hall–Kier alpha value is -3.84. The molecule has 0 bridgehead atoms. The smallest absolute Gasteiger partial charge is 0.333 e. The molecule has 0 unspecified atom stereocenters. The van der Waals surface area contributed by atoms with Crippen LogP contribution in [0.25, 0.3) is 6.08 Å². The number of hydrogen-bond acceptors (Lipinski definition) is 7. The summed E-state index contributed by atoms with van der Waals surface area (Å²) in [6.07, 6.45) is 4.25. The van der Waals surface area contributed by atoms with Crippen LogP contribution in [0.1, 0.15) is 5.56 Å². The van der Waals surface area contributed by atoms with Crippen LogP contribution in [0.2, 0.25) is 10.0 Å². The topological polar surface area (TPSA) is 151 Å². The van der Waals surface area contributed by atoms with Crippen LogP contribution < -0.4 is 20.1 Å². The summed E-state index contributed by atoms with van der Waals surface area (Å²) in [6, 6.07) is 14.3. The molecule has 0 saturated carbocycles. The van der Waals surface area contributed by atoms with E-state index in [0.717, 1.165) is 0 Å². The Morgan fingerprint density at radius 3 is 1.84 bits per heavy atom. The highest BCUT2D eigenvalue weighted by molar-refractivity contribution is 7.90. The number of sulfonamides is 2. The molecule has 1 heterocycles. The van der Waals surface area contributed by atoms with Gasteiger partial charge in [0.2, 0.25) is 0 Å². The van der Waals surface area contributed by atoms with Crippen molar-refractivity contribution < 1.29 is 26.4 Å². The van der Waals surface area contributed by atoms with Crippen molar-refractivity contribution >= 4 is 72.6 Å². The number of amides is 3. The van der Waals surface area contributed by atoms with Gasteiger partial charge in [0.25, 0.3) is 26.0 Å². The molecule has 10 nitrogen and oxygen atoms in total. The van der Waals surface area contributed by atoms with Gasteiger partial charge in [-0.25, -0.2) is 31.1 Å². The summed E-state index contributed by atoms with van der Waals surface area (Å²) >= 11 is 11.5. The summed E-state index contributed by atoms with van der Waals surface area (Å²) < 4.78 is 53.7. The van der Waals surface area contributed by atoms with E-state index in [1.54, 1.807) is 6.07 Å². The quantitative estimate of drug-likeness (QED) is 0.332. The molecule has 0 fully saturated rings. The normalized spacial score (nSPS) is 12.8. The Morgan fingerprint density at radius 1 is 0.711 bits per heavy atom. The Kier molecular flexibility index (Phi) is 7.78. The van der Waals surface area contributed by atoms with Crippen molar-refractivity contribution in [2.45, 2.75) is 9.79 Å². The minimum atomic E-state index is -4.13. The fourth-order valence-corrected chi connectivity index (χ4v) is 5.37. The molecule has 3 aromatic carbocycles. The van der Waals surface area contributed by atoms with E-state index in [1.807, 2.05) is 9.44 Å². The maximum absolute atomic E-state index is 12.6. The molecule has 196 valence electrons. The monoisotopic (exact) mass is 592 g/mol. The Balaban J connectivity index is 1.43. The first kappa shape index (κ1) is 27.2. The highest BCUT2D eigenvalue weighted by atomic mass is 35.5. The number of carbonyl (C=O) groups excluding carboxylic acids is 2. The van der Waals surface area contributed by atoms with E-state index in [0.29, 0.717) is 21.3 Å². The summed E-state index contributed by atoms with van der Waals surface area (Å²) in [6.45, 7) is 0. The lowest BCUT2D eigenvalue weighted by Gasteiger charge is -2.11. The third-order valence-electron chi connectivity index (χ3n) is 5.10. The lowest BCUT2D eigenvalue weighted by molar-refractivity contribution is -0.115. The van der Waals surface area contributed by atoms with Crippen molar-refractivity contribution in [3.05, 3.63) is 100 Å². The second-order valence-corrected chi connectivity index (χ2v) is 12.0. The number of rotatable bonds is 6. The second kappa shape index (κ2) is 10.9. The van der Waals surface area contributed by atoms with Gasteiger partial charge in [0, 0.05) is 27.6 Å². The zero-order valence-electron chi connectivity index (χ0n) is 19.1. The molecule has 3 aromatic rings. The van der Waals surface area contributed by atoms with Gasteiger partial charge in [-0.3, -0.25) is 4.79 Å². The maximum atomic E-state index is 12.6. The minimum Gasteiger partial charge on any atom is -0.360 e. The van der Waals surface area contributed by atoms with E-state index in [2.05, 4.69) is 10.6 Å². The molecule has 0 radical (unpaired) electrons. The lowest BCUT2D eigenvalue weighted by Crippen LogP contribution is -2.34. The highest BCUT2D eigenvalue weighted by Crippen LogP contribution is 2.25. The molecule has 0 aliphatic carbocycles. The first-order valence-electron chi connectivity index (χ1n) is 10.6. The molecule has 0 aromatic heterocycles. The molecule has 14 heteroatoms. The summed E-state index contributed by atoms with van der Waals surface area (Å²) in [7, 11) is -8.26. The fourth-order valence-electron chi connectivity index (χ4n) is 3.24. The van der Waals surface area contributed by atoms with Crippen LogP contribution in [0.5, 0.6) is 0 Å². The van der Waals surface area contributed by atoms with Crippen molar-refractivity contribution in [3.63, 3.8) is 0 Å². The average molecular weight is 593 g/mol. The van der Waals surface area contributed by atoms with Gasteiger partial charge in [0.15, 0.2) is 0 Å². The molecule has 0 saturated heterocycles. The van der Waals surface area contributed by atoms with Gasteiger partial charge in [-0.05, 0) is 78.4 Å². The van der Waals surface area contributed by atoms with Crippen molar-refractivity contribution in [2.75, 3.05) is 10.6 Å². The van der Waals surface area contributed by atoms with Crippen LogP contribution in [0, 0.1) is 0 Å². The van der Waals surface area contributed by atoms with Crippen molar-refractivity contribution in [3.8, 4) is 0 Å². The molecular formula is C24H18Cl2N4O6S2. The minimum absolute atomic E-state index is 0.0139. The number of hydrogen-bond donors (Lipinski definition) is 4. The number of anilines is 2. The first-order chi connectivity index (χ1) is 17.9. The number of halogens is 2. The third-order valence-corrected chi connectivity index (χ3v) is 8.30. The van der Waals surface area contributed by atoms with Crippen LogP contribution in [0.4, 0.5) is 16.2 Å². The Labute approximate surface area is 228 Å². The predicted octanol–water partition coefficient (Wildman–Crippen LogP) is 4.33. The van der Waals surface area contributed by atoms with Gasteiger partial charge in [-0.2, -0.15) is 0 Å². The lowest BCUT2D eigenvalue weighted by atomic mass is 10.1. The van der Waals surface area contributed by atoms with E-state index >= 15 is 0 Å². The number of fused-ring (bicyclic) bond motifs is 1. The number of nitrogens with one attached hydrogen (secondary N) is 4. The van der Waals surface area contributed by atoms with Gasteiger partial charge < -0.3 is 10.6 Å². The Bertz CT molecular complexity index is 1690. The van der Waals surface area contributed by atoms with E-state index in [4.69, 9.17) is 23.2 Å². The maximum Gasteiger partial charge on any atom is 0.333 e. The standard InChI is InChI=1S/C24H18Cl2N4O6S2/c25-17-3-8-20(9-4-17)37(33,34)29-23(31)16-2-1-15-13-19(7-12-22(15)27-14-16)28-24(32)30-38(35,36)21-10-5-18(26)6-11-21/h1-14,27H,(H,29,31)(H2,28,30,32). The number of urea groups is 1. The molecule has 4 N–H and O–H groups in total. The molecule has 0 atom stereocenters. The van der Waals surface area contributed by atoms with Crippen molar-refractivity contribution in [1.82, 2.24) is 9.44 Å². The van der Waals surface area contributed by atoms with E-state index in [-0.39, 0.29) is 21.1 Å². The third kappa shape index (κ3) is 6.53. The van der Waals surface area contributed by atoms with Crippen molar-refractivity contribution in [2.24, 2.45) is 0 Å². The van der Waals surface area contributed by atoms with Crippen molar-refractivity contribution in [1.29, 1.82) is 0 Å². The van der Waals surface area contributed by atoms with Crippen LogP contribution in [0.3, 0.4) is 0 Å². The van der Waals surface area contributed by atoms with Crippen LogP contribution in [0.15, 0.2) is 94.4 Å². The van der Waals surface area contributed by atoms with Gasteiger partial charge in [0.05, 0.1) is 15.4 Å². The zero-order valence-corrected chi connectivity index (χ0v) is 22.2. The summed E-state index contributed by atoms with van der Waals surface area (Å²) in [5.74, 6) is -0.873. The van der Waals surface area contributed by atoms with E-state index in [1.165, 1.54) is 79.0 Å². The SMILES string of the molecule is O=C(Nc1ccc2c(c1)C=CC(C(=O)NS(=O)(=O)c1ccc(Cl)cc1)=CN2)NS(=O)(=O)c1ccc(Cl)cc1. The van der Waals surface area contributed by atoms with Gasteiger partial charge in [0.1, 0.15) is 0 Å². The molecule has 0 spiro atoms. The van der Waals surface area contributed by atoms with E-state index in [9.17, 15) is 26.4 Å². The zero-order chi connectivity index (χ0) is 27.5. The Morgan fingerprint density at radius 2 is 1.26 bits per heavy atom. The van der Waals surface area contributed by atoms with Crippen LogP contribution in [-0.2, 0) is 24.8 Å². The molecule has 4 rings (SSSR count). The summed E-state index contributed by atoms with van der Waals surface area (Å²) in [5, 5.41) is 6.03. The molecular weight excluding hydrogens is 575 g/mol. The van der Waals surface area contributed by atoms with Gasteiger partial charge in [-0.1, -0.05) is 29.3 Å². The number of benzene rings is 3. The van der Waals surface area contributed by atoms with Crippen LogP contribution in [-0.4, -0.2) is 28.8 Å². The molecule has 1 aliphatic rings. The van der Waals surface area contributed by atoms with E-state index < -0.39 is 32.0 Å². The molecule has 3 amide bonds. The largest absolute Gasteiger partial charge is 0.360 e. The average Bonchev–Trinajstić information content (AvgIpc) is 3.06. The fraction of sp³-hybridized carbons (Fsp3) is 0.